The van der Waals surface area contributed by atoms with Crippen molar-refractivity contribution in [1.82, 2.24) is 20.6 Å². The lowest BCUT2D eigenvalue weighted by molar-refractivity contribution is -0.153. The van der Waals surface area contributed by atoms with Gasteiger partial charge in [0.25, 0.3) is 5.91 Å². The quantitative estimate of drug-likeness (QED) is 0.0696. The molecule has 21 heteroatoms. The molecule has 0 spiro atoms. The van der Waals surface area contributed by atoms with Crippen LogP contribution in [-0.4, -0.2) is 82.8 Å². The van der Waals surface area contributed by atoms with E-state index < -0.39 is 25.6 Å². The number of aromatic nitrogens is 2. The second-order valence-electron chi connectivity index (χ2n) is 14.1. The third-order valence-corrected chi connectivity index (χ3v) is 10.9. The van der Waals surface area contributed by atoms with Crippen LogP contribution in [0.5, 0.6) is 11.5 Å². The van der Waals surface area contributed by atoms with Crippen molar-refractivity contribution >= 4 is 79.8 Å². The summed E-state index contributed by atoms with van der Waals surface area (Å²) in [5.74, 6) is -0.320. The van der Waals surface area contributed by atoms with E-state index in [4.69, 9.17) is 9.47 Å². The Morgan fingerprint density at radius 1 is 0.657 bits per heavy atom. The predicted octanol–water partition coefficient (Wildman–Crippen LogP) is 9.69. The minimum atomic E-state index is -4.46. The van der Waals surface area contributed by atoms with E-state index in [2.05, 4.69) is 30.6 Å². The van der Waals surface area contributed by atoms with Crippen LogP contribution in [0, 0.1) is 11.6 Å². The normalized spacial score (nSPS) is 15.5. The summed E-state index contributed by atoms with van der Waals surface area (Å²) in [7, 11) is 0. The number of fused-ring (bicyclic) bond motifs is 2. The van der Waals surface area contributed by atoms with E-state index in [-0.39, 0.29) is 34.9 Å². The molecule has 0 unspecified atom stereocenters. The van der Waals surface area contributed by atoms with Gasteiger partial charge in [-0.15, -0.1) is 0 Å². The van der Waals surface area contributed by atoms with Crippen LogP contribution in [-0.2, 0) is 22.4 Å². The van der Waals surface area contributed by atoms with Gasteiger partial charge in [0.05, 0.1) is 21.7 Å². The van der Waals surface area contributed by atoms with Gasteiger partial charge < -0.3 is 20.1 Å². The van der Waals surface area contributed by atoms with Gasteiger partial charge in [0.1, 0.15) is 29.4 Å². The Morgan fingerprint density at radius 2 is 1.18 bits per heavy atom. The van der Waals surface area contributed by atoms with Gasteiger partial charge in [-0.05, 0) is 114 Å². The molecule has 4 aromatic carbocycles. The number of hydrogen-bond donors (Lipinski definition) is 2. The van der Waals surface area contributed by atoms with Crippen LogP contribution in [0.3, 0.4) is 0 Å². The zero-order chi connectivity index (χ0) is 48.0. The minimum Gasteiger partial charge on any atom is -0.483 e. The molecule has 0 radical (unpaired) electrons. The second-order valence-corrected chi connectivity index (χ2v) is 16.1. The number of amidine groups is 2. The first-order valence-electron chi connectivity index (χ1n) is 19.8. The van der Waals surface area contributed by atoms with Gasteiger partial charge in [-0.3, -0.25) is 34.3 Å². The maximum atomic E-state index is 13.3. The van der Waals surface area contributed by atoms with Gasteiger partial charge >= 0.3 is 12.4 Å². The first-order valence-corrected chi connectivity index (χ1v) is 21.6. The lowest BCUT2D eigenvalue weighted by atomic mass is 10.1. The Hall–Kier alpha value is -6.87. The number of aldehydes is 1. The summed E-state index contributed by atoms with van der Waals surface area (Å²) in [6.07, 6.45) is -2.70. The molecule has 2 fully saturated rings. The van der Waals surface area contributed by atoms with Crippen LogP contribution in [0.15, 0.2) is 124 Å². The molecule has 2 aliphatic heterocycles. The van der Waals surface area contributed by atoms with Gasteiger partial charge in [-0.25, -0.2) is 8.78 Å². The number of thioether (sulfide) groups is 2. The van der Waals surface area contributed by atoms with E-state index >= 15 is 0 Å². The number of pyridine rings is 2. The monoisotopic (exact) mass is 968 g/mol. The summed E-state index contributed by atoms with van der Waals surface area (Å²) in [6, 6.07) is 24.9. The number of ether oxygens (including phenoxy) is 2. The number of rotatable bonds is 12. The van der Waals surface area contributed by atoms with Crippen molar-refractivity contribution in [2.24, 2.45) is 9.98 Å². The van der Waals surface area contributed by atoms with Crippen LogP contribution in [0.25, 0.3) is 27.9 Å². The fraction of sp³-hybridized carbons (Fsp3) is 0.196. The standard InChI is InChI=1S/C23H17F4N3O2S.C12H8F3NO2.C11H11FN2OS/c24-16-3-1-2-14(10-16)6-8-29-22-30-21(31)20(33-22)12-15-4-5-18-17(11-15)19(7-9-28-18)32-13-23(25,26)27;13-12(14,15)7-18-11-3-4-16-10-2-1-8(6-17)5-9(10)11;12-9-3-1-2-8(6-9)4-5-13-11-14-10(15)7-16-11/h1-5,7,9-12H,6,8,13H2,(H,29,30,31);1-6H,7H2;1-3,6H,4-5,7H2,(H,13,14,15)/b20-12-;;. The number of benzene rings is 4. The molecule has 4 heterocycles. The smallest absolute Gasteiger partial charge is 0.422 e. The number of carbonyl (C=O) groups is 3. The van der Waals surface area contributed by atoms with E-state index in [1.165, 1.54) is 72.7 Å². The van der Waals surface area contributed by atoms with Gasteiger partial charge in [0, 0.05) is 41.8 Å². The Balaban J connectivity index is 0.000000183. The van der Waals surface area contributed by atoms with Gasteiger partial charge in [0.15, 0.2) is 23.5 Å². The molecule has 2 aromatic heterocycles. The summed E-state index contributed by atoms with van der Waals surface area (Å²) < 4.78 is 110. The lowest BCUT2D eigenvalue weighted by Crippen LogP contribution is -2.20. The van der Waals surface area contributed by atoms with E-state index in [1.54, 1.807) is 48.5 Å². The number of carbonyl (C=O) groups excluding carboxylic acids is 3. The average molecular weight is 969 g/mol. The summed E-state index contributed by atoms with van der Waals surface area (Å²) in [5.41, 5.74) is 3.62. The molecule has 6 aromatic rings. The van der Waals surface area contributed by atoms with Gasteiger partial charge in [-0.1, -0.05) is 42.1 Å². The Labute approximate surface area is 385 Å². The summed E-state index contributed by atoms with van der Waals surface area (Å²) in [6.45, 7) is -1.85. The van der Waals surface area contributed by atoms with Crippen LogP contribution in [0.2, 0.25) is 0 Å². The first kappa shape index (κ1) is 49.6. The molecule has 2 amide bonds. The number of hydrogen-bond acceptors (Lipinski definition) is 11. The molecule has 8 rings (SSSR count). The number of alkyl halides is 6. The van der Waals surface area contributed by atoms with Crippen molar-refractivity contribution in [3.8, 4) is 11.5 Å². The third kappa shape index (κ3) is 15.9. The van der Waals surface area contributed by atoms with E-state index in [0.29, 0.717) is 86.1 Å². The molecule has 0 aliphatic carbocycles. The zero-order valence-electron chi connectivity index (χ0n) is 34.7. The minimum absolute atomic E-state index is 0.00509. The zero-order valence-corrected chi connectivity index (χ0v) is 36.3. The average Bonchev–Trinajstić information content (AvgIpc) is 3.87. The number of nitrogens with zero attached hydrogens (tertiary/aromatic N) is 4. The number of aliphatic imine (C=N–C) groups is 2. The summed E-state index contributed by atoms with van der Waals surface area (Å²) in [4.78, 5) is 50.9. The molecular formula is C46H36F8N6O5S2. The molecule has 2 saturated heterocycles. The van der Waals surface area contributed by atoms with Crippen molar-refractivity contribution in [3.63, 3.8) is 0 Å². The second kappa shape index (κ2) is 23.0. The van der Waals surface area contributed by atoms with Crippen molar-refractivity contribution in [2.45, 2.75) is 25.2 Å². The van der Waals surface area contributed by atoms with E-state index in [1.807, 2.05) is 6.07 Å². The van der Waals surface area contributed by atoms with Crippen molar-refractivity contribution in [3.05, 3.63) is 148 Å². The number of nitrogens with one attached hydrogen (secondary N) is 2. The molecule has 348 valence electrons. The molecule has 0 saturated carbocycles. The SMILES string of the molecule is O=C1CSC(=NCCc2cccc(F)c2)N1.O=C1NC(=NCCc2cccc(F)c2)S/C1=C\c1ccc2nccc(OCC(F)(F)F)c2c1.O=Cc1ccc2nccc(OCC(F)(F)F)c2c1. The summed E-state index contributed by atoms with van der Waals surface area (Å²) >= 11 is 2.56. The maximum absolute atomic E-state index is 13.3. The van der Waals surface area contributed by atoms with Crippen molar-refractivity contribution < 1.29 is 59.0 Å². The fourth-order valence-electron chi connectivity index (χ4n) is 6.03. The van der Waals surface area contributed by atoms with E-state index in [9.17, 15) is 49.5 Å². The number of halogens is 8. The first-order chi connectivity index (χ1) is 32.0. The molecule has 11 nitrogen and oxygen atoms in total. The van der Waals surface area contributed by atoms with Crippen molar-refractivity contribution in [2.75, 3.05) is 32.1 Å². The molecule has 0 bridgehead atoms. The van der Waals surface area contributed by atoms with Gasteiger partial charge in [0.2, 0.25) is 5.91 Å². The van der Waals surface area contributed by atoms with Gasteiger partial charge in [-0.2, -0.15) is 26.3 Å². The highest BCUT2D eigenvalue weighted by molar-refractivity contribution is 8.18. The maximum Gasteiger partial charge on any atom is 0.422 e. The molecule has 2 aliphatic rings. The molecule has 67 heavy (non-hydrogen) atoms. The van der Waals surface area contributed by atoms with Crippen LogP contribution in [0.1, 0.15) is 27.0 Å². The highest BCUT2D eigenvalue weighted by Gasteiger charge is 2.30. The Morgan fingerprint density at radius 3 is 1.67 bits per heavy atom. The Bertz CT molecular complexity index is 2840. The highest BCUT2D eigenvalue weighted by atomic mass is 32.2. The molecule has 0 atom stereocenters. The van der Waals surface area contributed by atoms with Crippen LogP contribution in [0.4, 0.5) is 35.1 Å². The van der Waals surface area contributed by atoms with Crippen LogP contribution < -0.4 is 20.1 Å². The third-order valence-electron chi connectivity index (χ3n) is 8.99. The highest BCUT2D eigenvalue weighted by Crippen LogP contribution is 2.31. The summed E-state index contributed by atoms with van der Waals surface area (Å²) in [5, 5.41) is 7.21. The topological polar surface area (TPSA) is 144 Å². The van der Waals surface area contributed by atoms with Crippen LogP contribution >= 0.6 is 23.5 Å². The molecule has 2 N–H and O–H groups in total. The van der Waals surface area contributed by atoms with E-state index in [0.717, 1.165) is 22.9 Å². The van der Waals surface area contributed by atoms with Crippen molar-refractivity contribution in [1.29, 1.82) is 0 Å². The number of amides is 2. The molecular weight excluding hydrogens is 933 g/mol. The lowest BCUT2D eigenvalue weighted by Gasteiger charge is -2.11. The fourth-order valence-corrected chi connectivity index (χ4v) is 7.59. The predicted molar refractivity (Wildman–Crippen MR) is 241 cm³/mol. The largest absolute Gasteiger partial charge is 0.483 e. The Kier molecular flexibility index (Phi) is 17.0.